The van der Waals surface area contributed by atoms with Crippen LogP contribution in [0.15, 0.2) is 0 Å². The largest absolute Gasteiger partial charge is 0.379 e. The van der Waals surface area contributed by atoms with Gasteiger partial charge in [-0.3, -0.25) is 0 Å². The van der Waals surface area contributed by atoms with E-state index < -0.39 is 9.05 Å². The highest BCUT2D eigenvalue weighted by Gasteiger charge is 2.03. The van der Waals surface area contributed by atoms with E-state index in [1.807, 2.05) is 0 Å². The van der Waals surface area contributed by atoms with Gasteiger partial charge in [0.1, 0.15) is 0 Å². The van der Waals surface area contributed by atoms with E-state index in [2.05, 4.69) is 6.92 Å². The predicted molar refractivity (Wildman–Crippen MR) is 65.4 cm³/mol. The molecule has 0 heterocycles. The van der Waals surface area contributed by atoms with E-state index in [4.69, 9.17) is 20.2 Å². The van der Waals surface area contributed by atoms with Crippen molar-refractivity contribution >= 4 is 19.7 Å². The van der Waals surface area contributed by atoms with Crippen LogP contribution in [-0.4, -0.2) is 40.6 Å². The molecule has 0 aromatic heterocycles. The van der Waals surface area contributed by atoms with E-state index in [1.54, 1.807) is 0 Å². The third-order valence-corrected chi connectivity index (χ3v) is 3.14. The molecule has 0 amide bonds. The van der Waals surface area contributed by atoms with Gasteiger partial charge < -0.3 is 9.47 Å². The van der Waals surface area contributed by atoms with Gasteiger partial charge in [-0.05, 0) is 19.3 Å². The molecule has 0 N–H and O–H groups in total. The van der Waals surface area contributed by atoms with Gasteiger partial charge in [-0.25, -0.2) is 8.42 Å². The van der Waals surface area contributed by atoms with Gasteiger partial charge in [-0.2, -0.15) is 0 Å². The van der Waals surface area contributed by atoms with Crippen LogP contribution in [0, 0.1) is 0 Å². The molecule has 0 radical (unpaired) electrons. The summed E-state index contributed by atoms with van der Waals surface area (Å²) in [6, 6.07) is 0. The second kappa shape index (κ2) is 10.3. The van der Waals surface area contributed by atoms with Crippen LogP contribution < -0.4 is 0 Å². The summed E-state index contributed by atoms with van der Waals surface area (Å²) in [6.45, 7) is 4.72. The van der Waals surface area contributed by atoms with Crippen LogP contribution >= 0.6 is 10.7 Å². The molecule has 0 atom stereocenters. The molecular weight excluding hydrogens is 252 g/mol. The minimum atomic E-state index is -3.32. The topological polar surface area (TPSA) is 52.6 Å². The Morgan fingerprint density at radius 2 is 1.56 bits per heavy atom. The van der Waals surface area contributed by atoms with Gasteiger partial charge in [0.2, 0.25) is 9.05 Å². The maximum atomic E-state index is 10.6. The van der Waals surface area contributed by atoms with Crippen molar-refractivity contribution in [1.29, 1.82) is 0 Å². The summed E-state index contributed by atoms with van der Waals surface area (Å²) in [4.78, 5) is 0. The molecule has 0 aromatic rings. The van der Waals surface area contributed by atoms with E-state index in [0.717, 1.165) is 25.9 Å². The molecule has 0 spiro atoms. The van der Waals surface area contributed by atoms with Gasteiger partial charge in [-0.15, -0.1) is 0 Å². The van der Waals surface area contributed by atoms with Crippen LogP contribution in [0.1, 0.15) is 32.6 Å². The third-order valence-electron chi connectivity index (χ3n) is 1.90. The van der Waals surface area contributed by atoms with Crippen LogP contribution in [0.3, 0.4) is 0 Å². The molecule has 0 aliphatic rings. The summed E-state index contributed by atoms with van der Waals surface area (Å²) < 4.78 is 31.7. The average molecular weight is 273 g/mol. The highest BCUT2D eigenvalue weighted by molar-refractivity contribution is 8.13. The zero-order valence-corrected chi connectivity index (χ0v) is 11.4. The minimum Gasteiger partial charge on any atom is -0.379 e. The lowest BCUT2D eigenvalue weighted by molar-refractivity contribution is 0.0466. The number of unbranched alkanes of at least 4 members (excludes halogenated alkanes) is 2. The van der Waals surface area contributed by atoms with E-state index in [1.165, 1.54) is 0 Å². The first-order valence-electron chi connectivity index (χ1n) is 5.64. The van der Waals surface area contributed by atoms with Crippen LogP contribution in [-0.2, 0) is 18.5 Å². The SMILES string of the molecule is CCCOCCOCCCCCS(=O)(=O)Cl. The fourth-order valence-corrected chi connectivity index (χ4v) is 2.00. The number of halogens is 1. The van der Waals surface area contributed by atoms with Gasteiger partial charge in [0.15, 0.2) is 0 Å². The summed E-state index contributed by atoms with van der Waals surface area (Å²) in [7, 11) is 1.75. The van der Waals surface area contributed by atoms with Crippen molar-refractivity contribution in [2.24, 2.45) is 0 Å². The Morgan fingerprint density at radius 3 is 2.12 bits per heavy atom. The van der Waals surface area contributed by atoms with Crippen LogP contribution in [0.5, 0.6) is 0 Å². The van der Waals surface area contributed by atoms with Crippen molar-refractivity contribution in [2.75, 3.05) is 32.2 Å². The van der Waals surface area contributed by atoms with Crippen molar-refractivity contribution < 1.29 is 17.9 Å². The van der Waals surface area contributed by atoms with Gasteiger partial charge >= 0.3 is 0 Å². The standard InChI is InChI=1S/C10H21ClO4S/c1-2-6-14-8-9-15-7-4-3-5-10-16(11,12)13/h2-10H2,1H3. The summed E-state index contributed by atoms with van der Waals surface area (Å²) in [5.74, 6) is 0.0498. The smallest absolute Gasteiger partial charge is 0.232 e. The lowest BCUT2D eigenvalue weighted by Crippen LogP contribution is -2.06. The molecule has 6 heteroatoms. The molecule has 16 heavy (non-hydrogen) atoms. The minimum absolute atomic E-state index is 0.0498. The Bertz CT molecular complexity index is 241. The van der Waals surface area contributed by atoms with Gasteiger partial charge in [0.25, 0.3) is 0 Å². The zero-order valence-electron chi connectivity index (χ0n) is 9.78. The maximum Gasteiger partial charge on any atom is 0.232 e. The van der Waals surface area contributed by atoms with Gasteiger partial charge in [-0.1, -0.05) is 13.3 Å². The molecule has 0 bridgehead atoms. The zero-order chi connectivity index (χ0) is 12.3. The number of hydrogen-bond donors (Lipinski definition) is 0. The number of rotatable bonds is 11. The molecule has 0 aromatic carbocycles. The van der Waals surface area contributed by atoms with Crippen molar-refractivity contribution in [3.8, 4) is 0 Å². The number of ether oxygens (including phenoxy) is 2. The Balaban J connectivity index is 3.05. The average Bonchev–Trinajstić information content (AvgIpc) is 2.19. The van der Waals surface area contributed by atoms with E-state index in [9.17, 15) is 8.42 Å². The monoisotopic (exact) mass is 272 g/mol. The molecule has 0 unspecified atom stereocenters. The molecule has 0 saturated carbocycles. The van der Waals surface area contributed by atoms with Crippen molar-refractivity contribution in [3.63, 3.8) is 0 Å². The summed E-state index contributed by atoms with van der Waals surface area (Å²) >= 11 is 0. The van der Waals surface area contributed by atoms with E-state index in [-0.39, 0.29) is 5.75 Å². The second-order valence-corrected chi connectivity index (χ2v) is 6.42. The van der Waals surface area contributed by atoms with Gasteiger partial charge in [0.05, 0.1) is 19.0 Å². The fraction of sp³-hybridized carbons (Fsp3) is 1.00. The quantitative estimate of drug-likeness (QED) is 0.427. The number of hydrogen-bond acceptors (Lipinski definition) is 4. The molecular formula is C10H21ClO4S. The van der Waals surface area contributed by atoms with Crippen molar-refractivity contribution in [3.05, 3.63) is 0 Å². The highest BCUT2D eigenvalue weighted by atomic mass is 35.7. The first-order chi connectivity index (χ1) is 7.56. The Labute approximate surface area is 103 Å². The van der Waals surface area contributed by atoms with E-state index >= 15 is 0 Å². The molecule has 98 valence electrons. The Kier molecular flexibility index (Phi) is 10.4. The van der Waals surface area contributed by atoms with Crippen LogP contribution in [0.4, 0.5) is 0 Å². The molecule has 0 aliphatic carbocycles. The van der Waals surface area contributed by atoms with Gasteiger partial charge in [0, 0.05) is 23.9 Å². The maximum absolute atomic E-state index is 10.6. The fourth-order valence-electron chi connectivity index (χ4n) is 1.12. The first kappa shape index (κ1) is 16.2. The second-order valence-electron chi connectivity index (χ2n) is 3.53. The van der Waals surface area contributed by atoms with E-state index in [0.29, 0.717) is 26.2 Å². The summed E-state index contributed by atoms with van der Waals surface area (Å²) in [6.07, 6.45) is 3.30. The molecule has 0 fully saturated rings. The molecule has 4 nitrogen and oxygen atoms in total. The Morgan fingerprint density at radius 1 is 0.938 bits per heavy atom. The van der Waals surface area contributed by atoms with Crippen LogP contribution in [0.2, 0.25) is 0 Å². The molecule has 0 rings (SSSR count). The normalized spacial score (nSPS) is 11.9. The summed E-state index contributed by atoms with van der Waals surface area (Å²) in [5.41, 5.74) is 0. The lowest BCUT2D eigenvalue weighted by atomic mass is 10.3. The third kappa shape index (κ3) is 14.2. The van der Waals surface area contributed by atoms with Crippen LogP contribution in [0.25, 0.3) is 0 Å². The Hall–Kier alpha value is 0.160. The van der Waals surface area contributed by atoms with Crippen molar-refractivity contribution in [1.82, 2.24) is 0 Å². The molecule has 0 aliphatic heterocycles. The highest BCUT2D eigenvalue weighted by Crippen LogP contribution is 2.03. The van der Waals surface area contributed by atoms with Crippen molar-refractivity contribution in [2.45, 2.75) is 32.6 Å². The molecule has 0 saturated heterocycles. The predicted octanol–water partition coefficient (Wildman–Crippen LogP) is 2.17. The lowest BCUT2D eigenvalue weighted by Gasteiger charge is -2.04. The first-order valence-corrected chi connectivity index (χ1v) is 8.12. The summed E-state index contributed by atoms with van der Waals surface area (Å²) in [5, 5.41) is 0.